The first-order chi connectivity index (χ1) is 16.0. The largest absolute Gasteiger partial charge is 0.285 e. The van der Waals surface area contributed by atoms with Crippen molar-refractivity contribution in [2.45, 2.75) is 0 Å². The number of benzene rings is 4. The fraction of sp³-hybridized carbons (Fsp3) is 0. The highest BCUT2D eigenvalue weighted by Crippen LogP contribution is 2.35. The van der Waals surface area contributed by atoms with Crippen LogP contribution in [0.4, 0.5) is 0 Å². The Morgan fingerprint density at radius 2 is 0.788 bits per heavy atom. The molecule has 1 heterocycles. The number of hydrogen-bond acceptors (Lipinski definition) is 5. The molecule has 0 spiro atoms. The zero-order valence-electron chi connectivity index (χ0n) is 17.3. The fourth-order valence-electron chi connectivity index (χ4n) is 3.76. The normalized spacial score (nSPS) is 10.9. The van der Waals surface area contributed by atoms with Crippen LogP contribution < -0.4 is 0 Å². The van der Waals surface area contributed by atoms with Crippen LogP contribution in [0.2, 0.25) is 0 Å². The summed E-state index contributed by atoms with van der Waals surface area (Å²) in [4.78, 5) is 50.9. The van der Waals surface area contributed by atoms with Crippen LogP contribution in [-0.4, -0.2) is 23.1 Å². The third-order valence-corrected chi connectivity index (χ3v) is 6.63. The maximum Gasteiger partial charge on any atom is 0.233 e. The first-order valence-corrected chi connectivity index (χ1v) is 11.1. The van der Waals surface area contributed by atoms with Crippen LogP contribution in [0.3, 0.4) is 0 Å². The van der Waals surface area contributed by atoms with Gasteiger partial charge in [0.2, 0.25) is 23.1 Å². The Kier molecular flexibility index (Phi) is 5.24. The van der Waals surface area contributed by atoms with Crippen molar-refractivity contribution in [1.29, 1.82) is 0 Å². The van der Waals surface area contributed by atoms with Crippen LogP contribution in [0.5, 0.6) is 0 Å². The van der Waals surface area contributed by atoms with E-state index < -0.39 is 23.1 Å². The topological polar surface area (TPSA) is 68.3 Å². The number of carbonyl (C=O) groups excluding carboxylic acids is 4. The number of ketones is 4. The summed E-state index contributed by atoms with van der Waals surface area (Å²) in [5.41, 5.74) is 1.25. The molecule has 0 saturated carbocycles. The molecule has 1 aromatic heterocycles. The van der Waals surface area contributed by atoms with Gasteiger partial charge in [0.15, 0.2) is 0 Å². The SMILES string of the molecule is O=C(C(=O)c1ccc2sc3ccc(C(=O)C(=O)c4ccccc4)cc3c2c1)c1ccccc1. The molecule has 5 heteroatoms. The smallest absolute Gasteiger partial charge is 0.233 e. The summed E-state index contributed by atoms with van der Waals surface area (Å²) >= 11 is 1.52. The predicted molar refractivity (Wildman–Crippen MR) is 130 cm³/mol. The van der Waals surface area contributed by atoms with Crippen molar-refractivity contribution < 1.29 is 19.2 Å². The van der Waals surface area contributed by atoms with Gasteiger partial charge in [0.25, 0.3) is 0 Å². The molecule has 0 aliphatic rings. The molecule has 0 aliphatic carbocycles. The summed E-state index contributed by atoms with van der Waals surface area (Å²) in [5.74, 6) is -2.32. The van der Waals surface area contributed by atoms with Crippen molar-refractivity contribution in [3.05, 3.63) is 119 Å². The van der Waals surface area contributed by atoms with E-state index in [9.17, 15) is 19.2 Å². The second-order valence-corrected chi connectivity index (χ2v) is 8.66. The Balaban J connectivity index is 1.54. The van der Waals surface area contributed by atoms with Gasteiger partial charge >= 0.3 is 0 Å². The summed E-state index contributed by atoms with van der Waals surface area (Å²) in [7, 11) is 0. The summed E-state index contributed by atoms with van der Waals surface area (Å²) in [6.07, 6.45) is 0. The highest BCUT2D eigenvalue weighted by molar-refractivity contribution is 7.25. The van der Waals surface area contributed by atoms with Crippen LogP contribution in [0, 0.1) is 0 Å². The molecule has 0 unspecified atom stereocenters. The van der Waals surface area contributed by atoms with Crippen molar-refractivity contribution in [2.75, 3.05) is 0 Å². The van der Waals surface area contributed by atoms with E-state index in [1.807, 2.05) is 12.1 Å². The molecular formula is C28H16O4S. The maximum atomic E-state index is 12.8. The first-order valence-electron chi connectivity index (χ1n) is 10.3. The van der Waals surface area contributed by atoms with Crippen molar-refractivity contribution >= 4 is 54.6 Å². The number of carbonyl (C=O) groups is 4. The van der Waals surface area contributed by atoms with Gasteiger partial charge in [-0.05, 0) is 36.4 Å². The lowest BCUT2D eigenvalue weighted by Crippen LogP contribution is -2.14. The zero-order valence-corrected chi connectivity index (χ0v) is 18.1. The van der Waals surface area contributed by atoms with E-state index in [4.69, 9.17) is 0 Å². The molecule has 4 aromatic carbocycles. The molecule has 0 saturated heterocycles. The quantitative estimate of drug-likeness (QED) is 0.230. The van der Waals surface area contributed by atoms with Crippen LogP contribution in [0.25, 0.3) is 20.2 Å². The standard InChI is InChI=1S/C28H16O4S/c29-25(17-7-3-1-4-8-17)27(31)19-11-13-23-21(15-19)22-16-20(12-14-24(22)33-23)28(32)26(30)18-9-5-2-6-10-18/h1-16H. The lowest BCUT2D eigenvalue weighted by Gasteiger charge is -2.03. The Bertz CT molecular complexity index is 1450. The van der Waals surface area contributed by atoms with Crippen LogP contribution in [0.1, 0.15) is 41.4 Å². The summed E-state index contributed by atoms with van der Waals surface area (Å²) in [6, 6.07) is 27.1. The van der Waals surface area contributed by atoms with Gasteiger partial charge in [0.1, 0.15) is 0 Å². The molecule has 0 fully saturated rings. The summed E-state index contributed by atoms with van der Waals surface area (Å²) < 4.78 is 1.85. The van der Waals surface area contributed by atoms with Crippen molar-refractivity contribution in [3.63, 3.8) is 0 Å². The van der Waals surface area contributed by atoms with Gasteiger partial charge in [0, 0.05) is 42.4 Å². The van der Waals surface area contributed by atoms with Crippen molar-refractivity contribution in [1.82, 2.24) is 0 Å². The molecule has 0 bridgehead atoms. The Morgan fingerprint density at radius 1 is 0.424 bits per heavy atom. The van der Waals surface area contributed by atoms with E-state index in [0.29, 0.717) is 11.1 Å². The van der Waals surface area contributed by atoms with E-state index in [1.165, 1.54) is 11.3 Å². The molecule has 0 amide bonds. The Morgan fingerprint density at radius 3 is 1.18 bits per heavy atom. The minimum absolute atomic E-state index is 0.285. The van der Waals surface area contributed by atoms with E-state index in [2.05, 4.69) is 0 Å². The molecule has 0 radical (unpaired) electrons. The first kappa shape index (κ1) is 20.7. The Hall–Kier alpha value is -4.22. The van der Waals surface area contributed by atoms with Crippen LogP contribution in [0.15, 0.2) is 97.1 Å². The molecule has 0 N–H and O–H groups in total. The minimum Gasteiger partial charge on any atom is -0.285 e. The second kappa shape index (κ2) is 8.37. The monoisotopic (exact) mass is 448 g/mol. The number of hydrogen-bond donors (Lipinski definition) is 0. The fourth-order valence-corrected chi connectivity index (χ4v) is 4.83. The summed E-state index contributed by atoms with van der Waals surface area (Å²) in [5, 5.41) is 1.53. The molecule has 5 aromatic rings. The molecule has 0 atom stereocenters. The average Bonchev–Trinajstić information content (AvgIpc) is 3.25. The zero-order chi connectivity index (χ0) is 22.9. The predicted octanol–water partition coefficient (Wildman–Crippen LogP) is 6.19. The summed E-state index contributed by atoms with van der Waals surface area (Å²) in [6.45, 7) is 0. The molecule has 5 rings (SSSR count). The highest BCUT2D eigenvalue weighted by atomic mass is 32.1. The number of thiophene rings is 1. The lowest BCUT2D eigenvalue weighted by molar-refractivity contribution is 0.0817. The second-order valence-electron chi connectivity index (χ2n) is 7.57. The molecule has 0 aliphatic heterocycles. The Labute approximate surface area is 193 Å². The van der Waals surface area contributed by atoms with Crippen molar-refractivity contribution in [3.8, 4) is 0 Å². The number of Topliss-reactive ketones (excluding diaryl/α,β-unsaturated/α-hetero) is 4. The van der Waals surface area contributed by atoms with E-state index in [0.717, 1.165) is 20.2 Å². The minimum atomic E-state index is -0.589. The van der Waals surface area contributed by atoms with Gasteiger partial charge in [-0.3, -0.25) is 19.2 Å². The molecule has 4 nitrogen and oxygen atoms in total. The molecule has 158 valence electrons. The van der Waals surface area contributed by atoms with E-state index in [1.54, 1.807) is 84.9 Å². The van der Waals surface area contributed by atoms with Crippen LogP contribution >= 0.6 is 11.3 Å². The number of rotatable bonds is 6. The lowest BCUT2D eigenvalue weighted by atomic mass is 9.98. The average molecular weight is 448 g/mol. The van der Waals surface area contributed by atoms with Gasteiger partial charge in [-0.2, -0.15) is 0 Å². The van der Waals surface area contributed by atoms with E-state index >= 15 is 0 Å². The third kappa shape index (κ3) is 3.79. The van der Waals surface area contributed by atoms with Crippen molar-refractivity contribution in [2.24, 2.45) is 0 Å². The van der Waals surface area contributed by atoms with Gasteiger partial charge < -0.3 is 0 Å². The number of fused-ring (bicyclic) bond motifs is 3. The van der Waals surface area contributed by atoms with Gasteiger partial charge in [0.05, 0.1) is 0 Å². The van der Waals surface area contributed by atoms with Gasteiger partial charge in [-0.1, -0.05) is 60.7 Å². The highest BCUT2D eigenvalue weighted by Gasteiger charge is 2.21. The van der Waals surface area contributed by atoms with Crippen LogP contribution in [-0.2, 0) is 0 Å². The van der Waals surface area contributed by atoms with E-state index in [-0.39, 0.29) is 11.1 Å². The molecular weight excluding hydrogens is 432 g/mol. The van der Waals surface area contributed by atoms with Gasteiger partial charge in [-0.15, -0.1) is 11.3 Å². The van der Waals surface area contributed by atoms with Gasteiger partial charge in [-0.25, -0.2) is 0 Å². The molecule has 33 heavy (non-hydrogen) atoms. The third-order valence-electron chi connectivity index (χ3n) is 5.48. The maximum absolute atomic E-state index is 12.8.